The van der Waals surface area contributed by atoms with Gasteiger partial charge in [0.25, 0.3) is 0 Å². The Bertz CT molecular complexity index is 1220. The summed E-state index contributed by atoms with van der Waals surface area (Å²) in [5, 5.41) is 10.0. The van der Waals surface area contributed by atoms with Crippen LogP contribution in [0.2, 0.25) is 0 Å². The summed E-state index contributed by atoms with van der Waals surface area (Å²) in [4.78, 5) is 27.2. The maximum absolute atomic E-state index is 13.0. The topological polar surface area (TPSA) is 115 Å². The van der Waals surface area contributed by atoms with E-state index in [4.69, 9.17) is 15.2 Å². The van der Waals surface area contributed by atoms with Gasteiger partial charge in [-0.2, -0.15) is 14.0 Å². The van der Waals surface area contributed by atoms with Crippen LogP contribution in [0.3, 0.4) is 0 Å². The molecule has 1 unspecified atom stereocenters. The standard InChI is InChI=1S/C23H18F2IN3O5/c1-32-21(30)18-17(12-6-4-3-5-7-12)14(11-27)20(28)29(19(18)22(31)33-2)16-9-8-13(10-15(16)26)34-23(24)25/h3-10,17,23H,28H2,1-2H3. The normalized spacial score (nSPS) is 15.8. The number of nitrogens with two attached hydrogens (primary N) is 1. The molecule has 1 atom stereocenters. The monoisotopic (exact) mass is 581 g/mol. The van der Waals surface area contributed by atoms with E-state index in [1.54, 1.807) is 30.3 Å². The third-order valence-electron chi connectivity index (χ3n) is 5.00. The number of allylic oxidation sites excluding steroid dienone is 1. The minimum atomic E-state index is -3.03. The van der Waals surface area contributed by atoms with E-state index < -0.39 is 24.5 Å². The number of anilines is 1. The van der Waals surface area contributed by atoms with Crippen LogP contribution in [0.15, 0.2) is 71.2 Å². The number of halogens is 3. The number of carbonyl (C=O) groups excluding carboxylic acids is 2. The van der Waals surface area contributed by atoms with Crippen molar-refractivity contribution in [3.63, 3.8) is 0 Å². The van der Waals surface area contributed by atoms with Gasteiger partial charge in [-0.05, 0) is 46.4 Å². The summed E-state index contributed by atoms with van der Waals surface area (Å²) >= 11 is 1.84. The van der Waals surface area contributed by atoms with Crippen LogP contribution in [0.5, 0.6) is 5.75 Å². The van der Waals surface area contributed by atoms with Crippen molar-refractivity contribution in [2.24, 2.45) is 5.73 Å². The zero-order valence-corrected chi connectivity index (χ0v) is 20.1. The van der Waals surface area contributed by atoms with Crippen LogP contribution in [-0.4, -0.2) is 32.8 Å². The van der Waals surface area contributed by atoms with Gasteiger partial charge in [-0.1, -0.05) is 30.3 Å². The molecule has 34 heavy (non-hydrogen) atoms. The smallest absolute Gasteiger partial charge is 0.387 e. The Kier molecular flexibility index (Phi) is 7.72. The lowest BCUT2D eigenvalue weighted by atomic mass is 9.81. The molecule has 0 amide bonds. The second kappa shape index (κ2) is 10.5. The summed E-state index contributed by atoms with van der Waals surface area (Å²) in [5.41, 5.74) is 6.73. The molecule has 0 aromatic heterocycles. The molecule has 3 rings (SSSR count). The quantitative estimate of drug-likeness (QED) is 0.405. The highest BCUT2D eigenvalue weighted by atomic mass is 127. The molecule has 8 nitrogen and oxygen atoms in total. The first-order valence-electron chi connectivity index (χ1n) is 9.65. The third-order valence-corrected chi connectivity index (χ3v) is 5.86. The summed E-state index contributed by atoms with van der Waals surface area (Å²) in [6, 6.07) is 14.5. The average molecular weight is 581 g/mol. The van der Waals surface area contributed by atoms with Gasteiger partial charge in [0.2, 0.25) is 0 Å². The fourth-order valence-corrected chi connectivity index (χ4v) is 4.34. The third kappa shape index (κ3) is 4.67. The number of rotatable bonds is 6. The van der Waals surface area contributed by atoms with E-state index in [2.05, 4.69) is 4.74 Å². The van der Waals surface area contributed by atoms with Gasteiger partial charge in [0, 0.05) is 3.57 Å². The lowest BCUT2D eigenvalue weighted by Crippen LogP contribution is -2.41. The minimum absolute atomic E-state index is 0.0111. The Labute approximate surface area is 207 Å². The molecule has 2 aromatic carbocycles. The van der Waals surface area contributed by atoms with Crippen LogP contribution in [-0.2, 0) is 19.1 Å². The molecule has 2 aromatic rings. The van der Waals surface area contributed by atoms with Crippen LogP contribution in [0.4, 0.5) is 14.5 Å². The van der Waals surface area contributed by atoms with Crippen molar-refractivity contribution in [2.75, 3.05) is 19.1 Å². The van der Waals surface area contributed by atoms with E-state index in [1.807, 2.05) is 28.7 Å². The molecule has 0 aliphatic carbocycles. The lowest BCUT2D eigenvalue weighted by molar-refractivity contribution is -0.139. The average Bonchev–Trinajstić information content (AvgIpc) is 2.83. The number of methoxy groups -OCH3 is 2. The Morgan fingerprint density at radius 3 is 2.29 bits per heavy atom. The molecule has 11 heteroatoms. The first-order valence-corrected chi connectivity index (χ1v) is 10.7. The van der Waals surface area contributed by atoms with Crippen molar-refractivity contribution >= 4 is 40.2 Å². The van der Waals surface area contributed by atoms with Crippen LogP contribution in [0, 0.1) is 14.9 Å². The van der Waals surface area contributed by atoms with E-state index >= 15 is 0 Å². The maximum Gasteiger partial charge on any atom is 0.387 e. The van der Waals surface area contributed by atoms with Crippen molar-refractivity contribution in [1.82, 2.24) is 0 Å². The van der Waals surface area contributed by atoms with Crippen molar-refractivity contribution in [3.05, 3.63) is 80.3 Å². The fourth-order valence-electron chi connectivity index (χ4n) is 3.61. The minimum Gasteiger partial charge on any atom is -0.466 e. The second-order valence-electron chi connectivity index (χ2n) is 6.83. The summed E-state index contributed by atoms with van der Waals surface area (Å²) in [6.45, 7) is -3.03. The molecule has 0 radical (unpaired) electrons. The Hall–Kier alpha value is -3.66. The molecule has 176 valence electrons. The molecule has 0 fully saturated rings. The predicted octanol–water partition coefficient (Wildman–Crippen LogP) is 3.79. The van der Waals surface area contributed by atoms with E-state index in [0.29, 0.717) is 9.13 Å². The SMILES string of the molecule is COC(=O)C1=C(C(=O)OC)N(c2ccc(OC(F)F)cc2I)C(N)=C(C#N)C1c1ccccc1. The van der Waals surface area contributed by atoms with Gasteiger partial charge in [-0.3, -0.25) is 4.90 Å². The number of carbonyl (C=O) groups is 2. The van der Waals surface area contributed by atoms with Gasteiger partial charge in [0.15, 0.2) is 0 Å². The molecule has 0 bridgehead atoms. The van der Waals surface area contributed by atoms with Crippen molar-refractivity contribution in [2.45, 2.75) is 12.5 Å². The molecule has 0 spiro atoms. The van der Waals surface area contributed by atoms with Crippen molar-refractivity contribution in [1.29, 1.82) is 5.26 Å². The predicted molar refractivity (Wildman–Crippen MR) is 125 cm³/mol. The van der Waals surface area contributed by atoms with Gasteiger partial charge in [-0.15, -0.1) is 0 Å². The fraction of sp³-hybridized carbons (Fsp3) is 0.174. The Morgan fingerprint density at radius 2 is 1.76 bits per heavy atom. The zero-order chi connectivity index (χ0) is 25.0. The summed E-state index contributed by atoms with van der Waals surface area (Å²) in [7, 11) is 2.27. The highest BCUT2D eigenvalue weighted by molar-refractivity contribution is 14.1. The number of alkyl halides is 2. The van der Waals surface area contributed by atoms with Crippen LogP contribution in [0.25, 0.3) is 0 Å². The Balaban J connectivity index is 2.35. The molecular formula is C23H18F2IN3O5. The highest BCUT2D eigenvalue weighted by Crippen LogP contribution is 2.44. The molecule has 0 saturated heterocycles. The van der Waals surface area contributed by atoms with E-state index in [1.165, 1.54) is 23.1 Å². The van der Waals surface area contributed by atoms with Gasteiger partial charge < -0.3 is 19.9 Å². The molecule has 0 saturated carbocycles. The van der Waals surface area contributed by atoms with Crippen molar-refractivity contribution in [3.8, 4) is 11.8 Å². The Morgan fingerprint density at radius 1 is 1.12 bits per heavy atom. The zero-order valence-electron chi connectivity index (χ0n) is 17.9. The number of nitriles is 1. The van der Waals surface area contributed by atoms with Crippen LogP contribution in [0.1, 0.15) is 11.5 Å². The second-order valence-corrected chi connectivity index (χ2v) is 7.99. The van der Waals surface area contributed by atoms with E-state index in [-0.39, 0.29) is 34.1 Å². The van der Waals surface area contributed by atoms with Gasteiger partial charge in [0.1, 0.15) is 17.3 Å². The number of esters is 2. The highest BCUT2D eigenvalue weighted by Gasteiger charge is 2.43. The first-order chi connectivity index (χ1) is 16.2. The summed E-state index contributed by atoms with van der Waals surface area (Å²) in [6.07, 6.45) is 0. The molecular weight excluding hydrogens is 563 g/mol. The van der Waals surface area contributed by atoms with E-state index in [0.717, 1.165) is 14.2 Å². The largest absolute Gasteiger partial charge is 0.466 e. The number of ether oxygens (including phenoxy) is 3. The number of benzene rings is 2. The van der Waals surface area contributed by atoms with Crippen molar-refractivity contribution < 1.29 is 32.6 Å². The first kappa shape index (κ1) is 25.0. The summed E-state index contributed by atoms with van der Waals surface area (Å²) < 4.78 is 40.0. The molecule has 2 N–H and O–H groups in total. The van der Waals surface area contributed by atoms with Crippen LogP contribution < -0.4 is 15.4 Å². The van der Waals surface area contributed by atoms with Gasteiger partial charge in [0.05, 0.1) is 43.0 Å². The lowest BCUT2D eigenvalue weighted by Gasteiger charge is -2.36. The molecule has 1 heterocycles. The molecule has 1 aliphatic heterocycles. The number of hydrogen-bond donors (Lipinski definition) is 1. The maximum atomic E-state index is 13.0. The number of hydrogen-bond acceptors (Lipinski definition) is 8. The van der Waals surface area contributed by atoms with Gasteiger partial charge >= 0.3 is 18.6 Å². The van der Waals surface area contributed by atoms with Gasteiger partial charge in [-0.25, -0.2) is 9.59 Å². The van der Waals surface area contributed by atoms with E-state index in [9.17, 15) is 23.6 Å². The molecule has 1 aliphatic rings. The number of nitrogens with zero attached hydrogens (tertiary/aromatic N) is 2. The van der Waals surface area contributed by atoms with Crippen LogP contribution >= 0.6 is 22.6 Å². The summed E-state index contributed by atoms with van der Waals surface area (Å²) in [5.74, 6) is -3.05.